The molecule has 0 aliphatic rings. The van der Waals surface area contributed by atoms with Crippen LogP contribution in [0.2, 0.25) is 0 Å². The van der Waals surface area contributed by atoms with E-state index in [9.17, 15) is 4.79 Å². The Hall–Kier alpha value is -2.11. The average molecular weight is 247 g/mol. The van der Waals surface area contributed by atoms with E-state index in [1.54, 1.807) is 17.8 Å². The fraction of sp³-hybridized carbons (Fsp3) is 0.417. The highest BCUT2D eigenvalue weighted by atomic mass is 16.1. The third-order valence-corrected chi connectivity index (χ3v) is 2.81. The Morgan fingerprint density at radius 2 is 2.33 bits per heavy atom. The molecule has 2 aromatic heterocycles. The Bertz CT molecular complexity index is 563. The summed E-state index contributed by atoms with van der Waals surface area (Å²) in [4.78, 5) is 17.6. The third-order valence-electron chi connectivity index (χ3n) is 2.81. The molecule has 18 heavy (non-hydrogen) atoms. The average Bonchev–Trinajstić information content (AvgIpc) is 2.75. The number of hydrogen-bond acceptors (Lipinski definition) is 4. The number of anilines is 1. The summed E-state index contributed by atoms with van der Waals surface area (Å²) in [6.45, 7) is 2.57. The second kappa shape index (κ2) is 5.03. The number of nitrogens with zero attached hydrogens (tertiary/aromatic N) is 4. The van der Waals surface area contributed by atoms with E-state index in [1.807, 2.05) is 31.1 Å². The van der Waals surface area contributed by atoms with Gasteiger partial charge in [0.2, 0.25) is 5.91 Å². The van der Waals surface area contributed by atoms with Crippen LogP contribution in [0.25, 0.3) is 5.52 Å². The Morgan fingerprint density at radius 1 is 1.56 bits per heavy atom. The molecule has 0 spiro atoms. The fourth-order valence-electron chi connectivity index (χ4n) is 1.82. The highest BCUT2D eigenvalue weighted by Gasteiger charge is 2.10. The van der Waals surface area contributed by atoms with E-state index in [2.05, 4.69) is 15.4 Å². The summed E-state index contributed by atoms with van der Waals surface area (Å²) >= 11 is 0. The number of nitrogens with one attached hydrogen (secondary N) is 1. The number of amides is 1. The van der Waals surface area contributed by atoms with Gasteiger partial charge >= 0.3 is 0 Å². The smallest absolute Gasteiger partial charge is 0.221 e. The summed E-state index contributed by atoms with van der Waals surface area (Å²) in [5.41, 5.74) is 1.90. The molecule has 1 N–H and O–H groups in total. The monoisotopic (exact) mass is 247 g/mol. The van der Waals surface area contributed by atoms with Gasteiger partial charge in [-0.3, -0.25) is 4.79 Å². The van der Waals surface area contributed by atoms with Gasteiger partial charge in [0, 0.05) is 39.5 Å². The van der Waals surface area contributed by atoms with Crippen molar-refractivity contribution < 1.29 is 4.79 Å². The summed E-state index contributed by atoms with van der Waals surface area (Å²) in [5.74, 6) is 0.862. The van der Waals surface area contributed by atoms with Crippen LogP contribution in [0.1, 0.15) is 12.1 Å². The predicted octanol–water partition coefficient (Wildman–Crippen LogP) is 0.610. The van der Waals surface area contributed by atoms with Crippen molar-refractivity contribution in [2.75, 3.05) is 25.5 Å². The highest BCUT2D eigenvalue weighted by Crippen LogP contribution is 2.18. The number of hydrogen-bond donors (Lipinski definition) is 1. The molecule has 2 rings (SSSR count). The summed E-state index contributed by atoms with van der Waals surface area (Å²) in [6, 6.07) is 1.98. The van der Waals surface area contributed by atoms with Crippen LogP contribution in [-0.2, 0) is 4.79 Å². The summed E-state index contributed by atoms with van der Waals surface area (Å²) in [6.07, 6.45) is 3.98. The van der Waals surface area contributed by atoms with Crippen molar-refractivity contribution in [3.63, 3.8) is 0 Å². The number of aryl methyl sites for hydroxylation is 1. The van der Waals surface area contributed by atoms with Crippen LogP contribution in [0.5, 0.6) is 0 Å². The molecule has 6 nitrogen and oxygen atoms in total. The lowest BCUT2D eigenvalue weighted by Gasteiger charge is -2.18. The molecular weight excluding hydrogens is 230 g/mol. The van der Waals surface area contributed by atoms with E-state index in [4.69, 9.17) is 0 Å². The molecule has 0 aromatic carbocycles. The standard InChI is InChI=1S/C12H17N5O/c1-9-8-10-12(14-5-7-17(10)15-9)16(3)6-4-11(18)13-2/h5,7-8H,4,6H2,1-3H3,(H,13,18). The summed E-state index contributed by atoms with van der Waals surface area (Å²) in [7, 11) is 3.56. The van der Waals surface area contributed by atoms with Gasteiger partial charge in [-0.05, 0) is 13.0 Å². The molecule has 2 aromatic rings. The molecule has 0 atom stereocenters. The van der Waals surface area contributed by atoms with Crippen LogP contribution in [0.15, 0.2) is 18.5 Å². The Labute approximate surface area is 106 Å². The van der Waals surface area contributed by atoms with E-state index in [0.717, 1.165) is 17.0 Å². The first-order valence-corrected chi connectivity index (χ1v) is 5.84. The quantitative estimate of drug-likeness (QED) is 0.860. The first kappa shape index (κ1) is 12.3. The third kappa shape index (κ3) is 2.42. The van der Waals surface area contributed by atoms with Gasteiger partial charge in [-0.2, -0.15) is 5.10 Å². The molecule has 0 saturated carbocycles. The van der Waals surface area contributed by atoms with Crippen LogP contribution >= 0.6 is 0 Å². The lowest BCUT2D eigenvalue weighted by Crippen LogP contribution is -2.27. The minimum absolute atomic E-state index is 0.0264. The van der Waals surface area contributed by atoms with Gasteiger partial charge in [0.1, 0.15) is 5.52 Å². The lowest BCUT2D eigenvalue weighted by atomic mass is 10.3. The predicted molar refractivity (Wildman–Crippen MR) is 69.7 cm³/mol. The number of carbonyl (C=O) groups is 1. The lowest BCUT2D eigenvalue weighted by molar-refractivity contribution is -0.120. The first-order valence-electron chi connectivity index (χ1n) is 5.84. The second-order valence-electron chi connectivity index (χ2n) is 4.21. The minimum Gasteiger partial charge on any atom is -0.359 e. The van der Waals surface area contributed by atoms with Gasteiger partial charge in [0.05, 0.1) is 5.69 Å². The van der Waals surface area contributed by atoms with Crippen molar-refractivity contribution in [2.24, 2.45) is 0 Å². The van der Waals surface area contributed by atoms with Crippen molar-refractivity contribution in [1.82, 2.24) is 19.9 Å². The zero-order chi connectivity index (χ0) is 13.1. The first-order chi connectivity index (χ1) is 8.61. The molecule has 96 valence electrons. The van der Waals surface area contributed by atoms with Gasteiger partial charge in [-0.15, -0.1) is 0 Å². The SMILES string of the molecule is CNC(=O)CCN(C)c1nccn2nc(C)cc12. The summed E-state index contributed by atoms with van der Waals surface area (Å²) in [5, 5.41) is 6.95. The van der Waals surface area contributed by atoms with Gasteiger partial charge in [0.15, 0.2) is 5.82 Å². The van der Waals surface area contributed by atoms with Gasteiger partial charge < -0.3 is 10.2 Å². The van der Waals surface area contributed by atoms with Crippen molar-refractivity contribution in [1.29, 1.82) is 0 Å². The molecular formula is C12H17N5O. The molecule has 1 amide bonds. The van der Waals surface area contributed by atoms with E-state index < -0.39 is 0 Å². The van der Waals surface area contributed by atoms with Gasteiger partial charge in [0.25, 0.3) is 0 Å². The van der Waals surface area contributed by atoms with Crippen molar-refractivity contribution in [2.45, 2.75) is 13.3 Å². The van der Waals surface area contributed by atoms with Crippen LogP contribution in [0.4, 0.5) is 5.82 Å². The van der Waals surface area contributed by atoms with Gasteiger partial charge in [-0.1, -0.05) is 0 Å². The number of aromatic nitrogens is 3. The Kier molecular flexibility index (Phi) is 3.45. The van der Waals surface area contributed by atoms with Gasteiger partial charge in [-0.25, -0.2) is 9.50 Å². The van der Waals surface area contributed by atoms with E-state index in [0.29, 0.717) is 13.0 Å². The molecule has 0 bridgehead atoms. The van der Waals surface area contributed by atoms with E-state index in [1.165, 1.54) is 0 Å². The molecule has 0 radical (unpaired) electrons. The molecule has 0 aliphatic carbocycles. The van der Waals surface area contributed by atoms with Crippen LogP contribution < -0.4 is 10.2 Å². The normalized spacial score (nSPS) is 10.6. The van der Waals surface area contributed by atoms with E-state index >= 15 is 0 Å². The van der Waals surface area contributed by atoms with Crippen molar-refractivity contribution in [3.05, 3.63) is 24.2 Å². The molecule has 2 heterocycles. The van der Waals surface area contributed by atoms with E-state index in [-0.39, 0.29) is 5.91 Å². The number of carbonyl (C=O) groups excluding carboxylic acids is 1. The van der Waals surface area contributed by atoms with Crippen molar-refractivity contribution in [3.8, 4) is 0 Å². The zero-order valence-electron chi connectivity index (χ0n) is 10.8. The maximum absolute atomic E-state index is 11.2. The molecule has 0 saturated heterocycles. The van der Waals surface area contributed by atoms with Crippen LogP contribution in [0, 0.1) is 6.92 Å². The highest BCUT2D eigenvalue weighted by molar-refractivity contribution is 5.76. The molecule has 6 heteroatoms. The van der Waals surface area contributed by atoms with Crippen molar-refractivity contribution >= 4 is 17.2 Å². The fourth-order valence-corrected chi connectivity index (χ4v) is 1.82. The largest absolute Gasteiger partial charge is 0.359 e. The minimum atomic E-state index is 0.0264. The topological polar surface area (TPSA) is 62.5 Å². The van der Waals surface area contributed by atoms with Crippen LogP contribution in [0.3, 0.4) is 0 Å². The summed E-state index contributed by atoms with van der Waals surface area (Å²) < 4.78 is 1.80. The second-order valence-corrected chi connectivity index (χ2v) is 4.21. The Morgan fingerprint density at radius 3 is 3.06 bits per heavy atom. The molecule has 0 unspecified atom stereocenters. The number of rotatable bonds is 4. The molecule has 0 aliphatic heterocycles. The maximum atomic E-state index is 11.2. The zero-order valence-corrected chi connectivity index (χ0v) is 10.8. The maximum Gasteiger partial charge on any atom is 0.221 e. The number of fused-ring (bicyclic) bond motifs is 1. The Balaban J connectivity index is 2.21. The molecule has 0 fully saturated rings. The van der Waals surface area contributed by atoms with Crippen LogP contribution in [-0.4, -0.2) is 41.1 Å².